The summed E-state index contributed by atoms with van der Waals surface area (Å²) in [6.07, 6.45) is 9.99. The second-order valence-corrected chi connectivity index (χ2v) is 7.66. The van der Waals surface area contributed by atoms with E-state index in [2.05, 4.69) is 25.7 Å². The molecule has 28 heavy (non-hydrogen) atoms. The first-order chi connectivity index (χ1) is 13.8. The van der Waals surface area contributed by atoms with Crippen LogP contribution in [0.15, 0.2) is 30.6 Å². The number of nitrogens with one attached hydrogen (secondary N) is 1. The normalized spacial score (nSPS) is 18.8. The molecule has 9 nitrogen and oxygen atoms in total. The fraction of sp³-hybridized carbons (Fsp3) is 0.526. The van der Waals surface area contributed by atoms with E-state index >= 15 is 0 Å². The number of nitrogens with zero attached hydrogens (tertiary/aromatic N) is 7. The molecule has 4 heterocycles. The van der Waals surface area contributed by atoms with E-state index in [-0.39, 0.29) is 11.9 Å². The first-order valence-electron chi connectivity index (χ1n) is 10.1. The van der Waals surface area contributed by atoms with Crippen LogP contribution in [0.4, 0.5) is 4.79 Å². The third kappa shape index (κ3) is 3.21. The third-order valence-electron chi connectivity index (χ3n) is 5.84. The zero-order chi connectivity index (χ0) is 18.9. The number of piperidine rings is 1. The predicted octanol–water partition coefficient (Wildman–Crippen LogP) is 2.14. The highest BCUT2D eigenvalue weighted by atomic mass is 16.2. The zero-order valence-corrected chi connectivity index (χ0v) is 15.7. The van der Waals surface area contributed by atoms with E-state index < -0.39 is 0 Å². The quantitative estimate of drug-likeness (QED) is 0.751. The minimum atomic E-state index is 0.0792. The second kappa shape index (κ2) is 7.21. The van der Waals surface area contributed by atoms with E-state index in [1.54, 1.807) is 10.9 Å². The van der Waals surface area contributed by atoms with Crippen molar-refractivity contribution in [1.29, 1.82) is 0 Å². The van der Waals surface area contributed by atoms with Crippen molar-refractivity contribution in [2.24, 2.45) is 0 Å². The van der Waals surface area contributed by atoms with Crippen molar-refractivity contribution in [3.8, 4) is 5.82 Å². The summed E-state index contributed by atoms with van der Waals surface area (Å²) >= 11 is 0. The van der Waals surface area contributed by atoms with Crippen LogP contribution in [0.5, 0.6) is 0 Å². The van der Waals surface area contributed by atoms with Crippen molar-refractivity contribution in [3.05, 3.63) is 36.4 Å². The van der Waals surface area contributed by atoms with E-state index in [1.807, 2.05) is 33.8 Å². The molecule has 3 aromatic rings. The van der Waals surface area contributed by atoms with Crippen LogP contribution in [0.1, 0.15) is 50.3 Å². The second-order valence-electron chi connectivity index (χ2n) is 7.66. The van der Waals surface area contributed by atoms with Gasteiger partial charge < -0.3 is 10.2 Å². The molecule has 5 rings (SSSR count). The SMILES string of the molecule is O=C(NC1CCCC1)N1CCC(c2nnc3ccc(-n4cccn4)nn23)CC1. The average Bonchev–Trinajstić information content (AvgIpc) is 3.49. The van der Waals surface area contributed by atoms with Crippen LogP contribution >= 0.6 is 0 Å². The number of rotatable bonds is 3. The fourth-order valence-electron chi connectivity index (χ4n) is 4.25. The number of aromatic nitrogens is 6. The van der Waals surface area contributed by atoms with Gasteiger partial charge in [0.15, 0.2) is 17.3 Å². The number of carbonyl (C=O) groups excluding carboxylic acids is 1. The van der Waals surface area contributed by atoms with E-state index in [4.69, 9.17) is 0 Å². The average molecular weight is 380 g/mol. The van der Waals surface area contributed by atoms with Gasteiger partial charge in [-0.2, -0.15) is 9.61 Å². The Morgan fingerprint density at radius 2 is 1.89 bits per heavy atom. The van der Waals surface area contributed by atoms with Crippen LogP contribution in [-0.2, 0) is 0 Å². The van der Waals surface area contributed by atoms with Gasteiger partial charge in [0.05, 0.1) is 0 Å². The fourth-order valence-corrected chi connectivity index (χ4v) is 4.25. The minimum absolute atomic E-state index is 0.0792. The smallest absolute Gasteiger partial charge is 0.317 e. The van der Waals surface area contributed by atoms with E-state index in [1.165, 1.54) is 12.8 Å². The maximum absolute atomic E-state index is 12.5. The summed E-state index contributed by atoms with van der Waals surface area (Å²) in [6, 6.07) is 6.10. The Bertz CT molecular complexity index is 952. The van der Waals surface area contributed by atoms with Crippen LogP contribution in [0.25, 0.3) is 11.5 Å². The first kappa shape index (κ1) is 17.2. The molecule has 1 aliphatic heterocycles. The van der Waals surface area contributed by atoms with Gasteiger partial charge in [-0.3, -0.25) is 0 Å². The highest BCUT2D eigenvalue weighted by Gasteiger charge is 2.28. The van der Waals surface area contributed by atoms with Crippen molar-refractivity contribution >= 4 is 11.7 Å². The molecule has 2 aliphatic rings. The molecule has 3 aromatic heterocycles. The van der Waals surface area contributed by atoms with Gasteiger partial charge in [0, 0.05) is 37.4 Å². The molecule has 0 aromatic carbocycles. The van der Waals surface area contributed by atoms with Crippen LogP contribution in [0.3, 0.4) is 0 Å². The first-order valence-corrected chi connectivity index (χ1v) is 10.1. The summed E-state index contributed by atoms with van der Waals surface area (Å²) in [4.78, 5) is 14.4. The molecule has 0 atom stereocenters. The monoisotopic (exact) mass is 380 g/mol. The number of amides is 2. The number of hydrogen-bond acceptors (Lipinski definition) is 5. The highest BCUT2D eigenvalue weighted by Crippen LogP contribution is 2.27. The number of hydrogen-bond donors (Lipinski definition) is 1. The van der Waals surface area contributed by atoms with Gasteiger partial charge in [0.2, 0.25) is 0 Å². The Morgan fingerprint density at radius 1 is 1.07 bits per heavy atom. The lowest BCUT2D eigenvalue weighted by Gasteiger charge is -2.32. The molecule has 1 N–H and O–H groups in total. The van der Waals surface area contributed by atoms with Crippen LogP contribution < -0.4 is 5.32 Å². The molecule has 146 valence electrons. The Labute approximate surface area is 162 Å². The van der Waals surface area contributed by atoms with Gasteiger partial charge in [-0.25, -0.2) is 9.48 Å². The summed E-state index contributed by atoms with van der Waals surface area (Å²) in [6.45, 7) is 1.47. The van der Waals surface area contributed by atoms with Gasteiger partial charge >= 0.3 is 6.03 Å². The summed E-state index contributed by atoms with van der Waals surface area (Å²) in [5.41, 5.74) is 0.729. The van der Waals surface area contributed by atoms with Crippen molar-refractivity contribution in [1.82, 2.24) is 39.8 Å². The molecule has 9 heteroatoms. The molecule has 1 saturated heterocycles. The van der Waals surface area contributed by atoms with Crippen molar-refractivity contribution in [2.75, 3.05) is 13.1 Å². The van der Waals surface area contributed by atoms with Gasteiger partial charge in [0.25, 0.3) is 0 Å². The molecule has 0 radical (unpaired) electrons. The summed E-state index contributed by atoms with van der Waals surface area (Å²) in [5, 5.41) is 20.8. The summed E-state index contributed by atoms with van der Waals surface area (Å²) in [5.74, 6) is 1.83. The van der Waals surface area contributed by atoms with E-state index in [0.717, 1.165) is 56.1 Å². The van der Waals surface area contributed by atoms with E-state index in [9.17, 15) is 4.79 Å². The maximum atomic E-state index is 12.5. The van der Waals surface area contributed by atoms with Gasteiger partial charge in [-0.15, -0.1) is 15.3 Å². The Morgan fingerprint density at radius 3 is 2.64 bits per heavy atom. The lowest BCUT2D eigenvalue weighted by molar-refractivity contribution is 0.176. The summed E-state index contributed by atoms with van der Waals surface area (Å²) in [7, 11) is 0. The Hall–Kier alpha value is -2.97. The van der Waals surface area contributed by atoms with Gasteiger partial charge in [0.1, 0.15) is 0 Å². The lowest BCUT2D eigenvalue weighted by atomic mass is 9.96. The molecular formula is C19H24N8O. The molecule has 0 spiro atoms. The highest BCUT2D eigenvalue weighted by molar-refractivity contribution is 5.74. The maximum Gasteiger partial charge on any atom is 0.317 e. The Kier molecular flexibility index (Phi) is 4.42. The number of fused-ring (bicyclic) bond motifs is 1. The predicted molar refractivity (Wildman–Crippen MR) is 102 cm³/mol. The largest absolute Gasteiger partial charge is 0.335 e. The standard InChI is InChI=1S/C19H24N8O/c28-19(21-15-4-1-2-5-15)25-12-8-14(9-13-25)18-23-22-16-6-7-17(24-27(16)18)26-11-3-10-20-26/h3,6-7,10-11,14-15H,1-2,4-5,8-9,12-13H2,(H,21,28). The number of carbonyl (C=O) groups is 1. The van der Waals surface area contributed by atoms with E-state index in [0.29, 0.717) is 6.04 Å². The number of urea groups is 1. The van der Waals surface area contributed by atoms with Crippen molar-refractivity contribution in [3.63, 3.8) is 0 Å². The number of likely N-dealkylation sites (tertiary alicyclic amines) is 1. The summed E-state index contributed by atoms with van der Waals surface area (Å²) < 4.78 is 3.54. The lowest BCUT2D eigenvalue weighted by Crippen LogP contribution is -2.47. The van der Waals surface area contributed by atoms with Gasteiger partial charge in [-0.1, -0.05) is 12.8 Å². The van der Waals surface area contributed by atoms with Crippen LogP contribution in [-0.4, -0.2) is 59.7 Å². The van der Waals surface area contributed by atoms with Crippen LogP contribution in [0.2, 0.25) is 0 Å². The Balaban J connectivity index is 1.29. The topological polar surface area (TPSA) is 93.2 Å². The van der Waals surface area contributed by atoms with Crippen LogP contribution in [0, 0.1) is 0 Å². The van der Waals surface area contributed by atoms with Gasteiger partial charge in [-0.05, 0) is 43.9 Å². The zero-order valence-electron chi connectivity index (χ0n) is 15.7. The molecule has 0 bridgehead atoms. The molecule has 2 amide bonds. The molecule has 0 unspecified atom stereocenters. The molecule has 1 aliphatic carbocycles. The molecule has 2 fully saturated rings. The van der Waals surface area contributed by atoms with Crippen molar-refractivity contribution in [2.45, 2.75) is 50.5 Å². The molecular weight excluding hydrogens is 356 g/mol. The molecule has 1 saturated carbocycles. The minimum Gasteiger partial charge on any atom is -0.335 e. The third-order valence-corrected chi connectivity index (χ3v) is 5.84. The van der Waals surface area contributed by atoms with Crippen molar-refractivity contribution < 1.29 is 4.79 Å².